The Bertz CT molecular complexity index is 435. The second-order valence-electron chi connectivity index (χ2n) is 5.03. The van der Waals surface area contributed by atoms with Crippen LogP contribution in [0, 0.1) is 11.8 Å². The minimum absolute atomic E-state index is 0.0286. The molecule has 2 atom stereocenters. The second kappa shape index (κ2) is 7.62. The molecule has 1 aliphatic carbocycles. The van der Waals surface area contributed by atoms with Crippen molar-refractivity contribution in [3.8, 4) is 5.88 Å². The highest BCUT2D eigenvalue weighted by atomic mass is 79.9. The number of pyridine rings is 1. The molecule has 1 heterocycles. The summed E-state index contributed by atoms with van der Waals surface area (Å²) in [5.41, 5.74) is 0. The fourth-order valence-corrected chi connectivity index (χ4v) is 2.84. The predicted octanol–water partition coefficient (Wildman–Crippen LogP) is 3.59. The van der Waals surface area contributed by atoms with Gasteiger partial charge in [-0.05, 0) is 41.8 Å². The molecular weight excluding hydrogens is 322 g/mol. The molecule has 0 aliphatic heterocycles. The normalized spacial score (nSPS) is 22.3. The van der Waals surface area contributed by atoms with E-state index in [0.717, 1.165) is 30.2 Å². The Kier molecular flexibility index (Phi) is 5.83. The Morgan fingerprint density at radius 2 is 2.20 bits per heavy atom. The monoisotopic (exact) mass is 341 g/mol. The fraction of sp³-hybridized carbons (Fsp3) is 0.600. The predicted molar refractivity (Wildman–Crippen MR) is 79.5 cm³/mol. The van der Waals surface area contributed by atoms with E-state index in [9.17, 15) is 4.79 Å². The van der Waals surface area contributed by atoms with E-state index in [0.29, 0.717) is 19.1 Å². The summed E-state index contributed by atoms with van der Waals surface area (Å²) in [5, 5.41) is 0. The molecule has 0 radical (unpaired) electrons. The second-order valence-corrected chi connectivity index (χ2v) is 5.94. The first-order chi connectivity index (χ1) is 9.70. The summed E-state index contributed by atoms with van der Waals surface area (Å²) in [4.78, 5) is 16.1. The number of hydrogen-bond acceptors (Lipinski definition) is 4. The van der Waals surface area contributed by atoms with Gasteiger partial charge in [0.1, 0.15) is 0 Å². The zero-order valence-corrected chi connectivity index (χ0v) is 13.3. The minimum atomic E-state index is -0.0791. The summed E-state index contributed by atoms with van der Waals surface area (Å²) in [7, 11) is 0. The Balaban J connectivity index is 1.91. The first kappa shape index (κ1) is 15.3. The minimum Gasteiger partial charge on any atom is -0.477 e. The lowest BCUT2D eigenvalue weighted by Gasteiger charge is -2.29. The molecule has 1 aromatic heterocycles. The molecule has 1 fully saturated rings. The third-order valence-corrected chi connectivity index (χ3v) is 4.11. The van der Waals surface area contributed by atoms with E-state index in [1.165, 1.54) is 0 Å². The van der Waals surface area contributed by atoms with Gasteiger partial charge in [-0.3, -0.25) is 4.79 Å². The smallest absolute Gasteiger partial charge is 0.309 e. The Morgan fingerprint density at radius 1 is 1.40 bits per heavy atom. The largest absolute Gasteiger partial charge is 0.477 e. The van der Waals surface area contributed by atoms with Crippen molar-refractivity contribution >= 4 is 21.9 Å². The van der Waals surface area contributed by atoms with Gasteiger partial charge in [-0.2, -0.15) is 0 Å². The van der Waals surface area contributed by atoms with Crippen molar-refractivity contribution in [3.05, 3.63) is 22.8 Å². The molecule has 0 spiro atoms. The molecular formula is C15H20BrNO3. The molecule has 110 valence electrons. The highest BCUT2D eigenvalue weighted by Crippen LogP contribution is 2.31. The zero-order chi connectivity index (χ0) is 14.4. The molecule has 0 aromatic carbocycles. The fourth-order valence-electron chi connectivity index (χ4n) is 2.61. The van der Waals surface area contributed by atoms with Crippen LogP contribution in [-0.2, 0) is 9.53 Å². The lowest BCUT2D eigenvalue weighted by Crippen LogP contribution is -2.32. The van der Waals surface area contributed by atoms with E-state index in [4.69, 9.17) is 9.47 Å². The number of ether oxygens (including phenoxy) is 2. The van der Waals surface area contributed by atoms with Crippen LogP contribution in [0.1, 0.15) is 32.6 Å². The van der Waals surface area contributed by atoms with Crippen LogP contribution in [0.4, 0.5) is 0 Å². The summed E-state index contributed by atoms with van der Waals surface area (Å²) in [6.07, 6.45) is 5.87. The molecule has 1 aliphatic rings. The SMILES string of the molecule is CCOC(=O)C1CCCCC1COc1ccc(Br)cn1. The first-order valence-electron chi connectivity index (χ1n) is 7.11. The Morgan fingerprint density at radius 3 is 2.90 bits per heavy atom. The van der Waals surface area contributed by atoms with Crippen molar-refractivity contribution in [1.82, 2.24) is 4.98 Å². The summed E-state index contributed by atoms with van der Waals surface area (Å²) in [6.45, 7) is 2.81. The molecule has 1 saturated carbocycles. The molecule has 0 amide bonds. The standard InChI is InChI=1S/C15H20BrNO3/c1-2-19-15(18)13-6-4-3-5-11(13)10-20-14-8-7-12(16)9-17-14/h7-9,11,13H,2-6,10H2,1H3. The van der Waals surface area contributed by atoms with Gasteiger partial charge in [-0.1, -0.05) is 12.8 Å². The Hall–Kier alpha value is -1.10. The maximum atomic E-state index is 12.0. The molecule has 20 heavy (non-hydrogen) atoms. The number of esters is 1. The average molecular weight is 342 g/mol. The highest BCUT2D eigenvalue weighted by Gasteiger charge is 2.32. The van der Waals surface area contributed by atoms with E-state index in [2.05, 4.69) is 20.9 Å². The van der Waals surface area contributed by atoms with Crippen molar-refractivity contribution < 1.29 is 14.3 Å². The van der Waals surface area contributed by atoms with Crippen molar-refractivity contribution in [2.45, 2.75) is 32.6 Å². The number of nitrogens with zero attached hydrogens (tertiary/aromatic N) is 1. The molecule has 4 nitrogen and oxygen atoms in total. The molecule has 0 N–H and O–H groups in total. The number of carbonyl (C=O) groups excluding carboxylic acids is 1. The summed E-state index contributed by atoms with van der Waals surface area (Å²) >= 11 is 3.34. The molecule has 0 saturated heterocycles. The lowest BCUT2D eigenvalue weighted by molar-refractivity contribution is -0.151. The van der Waals surface area contributed by atoms with Gasteiger partial charge in [0.25, 0.3) is 0 Å². The van der Waals surface area contributed by atoms with Gasteiger partial charge in [0.15, 0.2) is 0 Å². The molecule has 2 unspecified atom stereocenters. The maximum Gasteiger partial charge on any atom is 0.309 e. The molecule has 0 bridgehead atoms. The number of rotatable bonds is 5. The third kappa shape index (κ3) is 4.20. The maximum absolute atomic E-state index is 12.0. The van der Waals surface area contributed by atoms with Crippen LogP contribution in [0.2, 0.25) is 0 Å². The van der Waals surface area contributed by atoms with Gasteiger partial charge in [0.2, 0.25) is 5.88 Å². The number of aromatic nitrogens is 1. The average Bonchev–Trinajstić information content (AvgIpc) is 2.47. The van der Waals surface area contributed by atoms with E-state index >= 15 is 0 Å². The first-order valence-corrected chi connectivity index (χ1v) is 7.91. The van der Waals surface area contributed by atoms with Crippen molar-refractivity contribution in [3.63, 3.8) is 0 Å². The van der Waals surface area contributed by atoms with Gasteiger partial charge < -0.3 is 9.47 Å². The van der Waals surface area contributed by atoms with Crippen LogP contribution in [-0.4, -0.2) is 24.2 Å². The van der Waals surface area contributed by atoms with Crippen LogP contribution in [0.25, 0.3) is 0 Å². The van der Waals surface area contributed by atoms with Gasteiger partial charge >= 0.3 is 5.97 Å². The van der Waals surface area contributed by atoms with Gasteiger partial charge in [-0.25, -0.2) is 4.98 Å². The van der Waals surface area contributed by atoms with Crippen LogP contribution < -0.4 is 4.74 Å². The van der Waals surface area contributed by atoms with Crippen molar-refractivity contribution in [1.29, 1.82) is 0 Å². The van der Waals surface area contributed by atoms with Crippen molar-refractivity contribution in [2.75, 3.05) is 13.2 Å². The van der Waals surface area contributed by atoms with Gasteiger partial charge in [-0.15, -0.1) is 0 Å². The topological polar surface area (TPSA) is 48.4 Å². The third-order valence-electron chi connectivity index (χ3n) is 3.64. The van der Waals surface area contributed by atoms with E-state index in [1.54, 1.807) is 6.20 Å². The quantitative estimate of drug-likeness (QED) is 0.768. The van der Waals surface area contributed by atoms with E-state index in [1.807, 2.05) is 19.1 Å². The molecule has 1 aromatic rings. The van der Waals surface area contributed by atoms with E-state index in [-0.39, 0.29) is 17.8 Å². The Labute approximate surface area is 128 Å². The van der Waals surface area contributed by atoms with Gasteiger partial charge in [0, 0.05) is 22.7 Å². The molecule has 2 rings (SSSR count). The highest BCUT2D eigenvalue weighted by molar-refractivity contribution is 9.10. The van der Waals surface area contributed by atoms with Crippen LogP contribution >= 0.6 is 15.9 Å². The number of carbonyl (C=O) groups is 1. The van der Waals surface area contributed by atoms with Crippen LogP contribution in [0.15, 0.2) is 22.8 Å². The number of hydrogen-bond donors (Lipinski definition) is 0. The van der Waals surface area contributed by atoms with Crippen LogP contribution in [0.3, 0.4) is 0 Å². The number of halogens is 1. The van der Waals surface area contributed by atoms with Crippen LogP contribution in [0.5, 0.6) is 5.88 Å². The van der Waals surface area contributed by atoms with E-state index < -0.39 is 0 Å². The summed E-state index contributed by atoms with van der Waals surface area (Å²) in [5.74, 6) is 0.721. The molecule has 5 heteroatoms. The van der Waals surface area contributed by atoms with Crippen molar-refractivity contribution in [2.24, 2.45) is 11.8 Å². The zero-order valence-electron chi connectivity index (χ0n) is 11.7. The summed E-state index contributed by atoms with van der Waals surface area (Å²) < 4.78 is 11.8. The summed E-state index contributed by atoms with van der Waals surface area (Å²) in [6, 6.07) is 3.72. The lowest BCUT2D eigenvalue weighted by atomic mass is 9.80. The van der Waals surface area contributed by atoms with Gasteiger partial charge in [0.05, 0.1) is 19.1 Å².